The van der Waals surface area contributed by atoms with Crippen LogP contribution in [0.4, 0.5) is 0 Å². The molecule has 9 aromatic carbocycles. The summed E-state index contributed by atoms with van der Waals surface area (Å²) in [5.41, 5.74) is 17.3. The topological polar surface area (TPSA) is 25.8 Å². The van der Waals surface area contributed by atoms with Crippen LogP contribution in [0.5, 0.6) is 0 Å². The molecule has 0 radical (unpaired) electrons. The molecule has 0 bridgehead atoms. The van der Waals surface area contributed by atoms with Crippen LogP contribution in [0.3, 0.4) is 0 Å². The van der Waals surface area contributed by atoms with Crippen molar-refractivity contribution in [1.29, 1.82) is 0 Å². The van der Waals surface area contributed by atoms with Gasteiger partial charge in [0.1, 0.15) is 0 Å². The molecule has 1 aliphatic rings. The Balaban J connectivity index is 1.08. The second kappa shape index (κ2) is 13.9. The standard InChI is InChI=1S/C57H40N2/c1-57(2)51-33-30-42(35-50(51)55-45-21-10-9-19-40(45)29-34-52(55)57)44-31-32-49(47-23-13-12-22-46(44)47)54-36-53(48-24-14-11-20-43(48)39-17-7-4-8-18-39)58-56(59-54)41-27-25-38(26-28-41)37-15-5-3-6-16-37/h3-36H,1-2H3. The van der Waals surface area contributed by atoms with Gasteiger partial charge in [-0.05, 0) is 89.3 Å². The molecule has 0 saturated carbocycles. The molecule has 0 unspecified atom stereocenters. The molecule has 1 heterocycles. The van der Waals surface area contributed by atoms with Gasteiger partial charge in [-0.2, -0.15) is 0 Å². The largest absolute Gasteiger partial charge is 0.228 e. The minimum atomic E-state index is -0.0808. The molecule has 59 heavy (non-hydrogen) atoms. The van der Waals surface area contributed by atoms with E-state index in [1.54, 1.807) is 0 Å². The fourth-order valence-electron chi connectivity index (χ4n) is 9.34. The van der Waals surface area contributed by atoms with E-state index in [1.165, 1.54) is 55.1 Å². The summed E-state index contributed by atoms with van der Waals surface area (Å²) in [6, 6.07) is 74.3. The lowest BCUT2D eigenvalue weighted by molar-refractivity contribution is 0.661. The van der Waals surface area contributed by atoms with Crippen molar-refractivity contribution in [3.8, 4) is 78.4 Å². The quantitative estimate of drug-likeness (QED) is 0.169. The van der Waals surface area contributed by atoms with Crippen molar-refractivity contribution in [2.24, 2.45) is 0 Å². The molecular weight excluding hydrogens is 713 g/mol. The summed E-state index contributed by atoms with van der Waals surface area (Å²) in [5.74, 6) is 0.695. The Hall–Kier alpha value is -7.42. The minimum Gasteiger partial charge on any atom is -0.228 e. The highest BCUT2D eigenvalue weighted by Gasteiger charge is 2.36. The molecule has 0 spiro atoms. The van der Waals surface area contributed by atoms with Crippen LogP contribution in [0.1, 0.15) is 25.0 Å². The number of nitrogens with zero attached hydrogens (tertiary/aromatic N) is 2. The molecule has 278 valence electrons. The highest BCUT2D eigenvalue weighted by molar-refractivity contribution is 6.07. The van der Waals surface area contributed by atoms with Gasteiger partial charge in [0.25, 0.3) is 0 Å². The Labute approximate surface area is 345 Å². The molecule has 2 heteroatoms. The van der Waals surface area contributed by atoms with E-state index in [4.69, 9.17) is 9.97 Å². The zero-order valence-corrected chi connectivity index (χ0v) is 33.0. The smallest absolute Gasteiger partial charge is 0.160 e. The van der Waals surface area contributed by atoms with Gasteiger partial charge in [-0.15, -0.1) is 0 Å². The Morgan fingerprint density at radius 1 is 0.322 bits per heavy atom. The SMILES string of the molecule is CC1(C)c2ccc(-c3ccc(-c4cc(-c5ccccc5-c5ccccc5)nc(-c5ccc(-c6ccccc6)cc5)n4)c4ccccc34)cc2-c2c1ccc1ccccc21. The van der Waals surface area contributed by atoms with Crippen molar-refractivity contribution < 1.29 is 0 Å². The van der Waals surface area contributed by atoms with Crippen molar-refractivity contribution >= 4 is 21.5 Å². The first kappa shape index (κ1) is 34.8. The first-order valence-corrected chi connectivity index (χ1v) is 20.4. The van der Waals surface area contributed by atoms with Crippen molar-refractivity contribution in [2.75, 3.05) is 0 Å². The highest BCUT2D eigenvalue weighted by Crippen LogP contribution is 2.52. The van der Waals surface area contributed by atoms with Gasteiger partial charge in [-0.25, -0.2) is 9.97 Å². The zero-order valence-electron chi connectivity index (χ0n) is 33.0. The number of benzene rings is 9. The predicted octanol–water partition coefficient (Wildman–Crippen LogP) is 15.1. The highest BCUT2D eigenvalue weighted by atomic mass is 14.9. The Bertz CT molecular complexity index is 3220. The minimum absolute atomic E-state index is 0.0808. The van der Waals surface area contributed by atoms with Crippen LogP contribution in [0, 0.1) is 0 Å². The number of hydrogen-bond acceptors (Lipinski definition) is 2. The van der Waals surface area contributed by atoms with Crippen LogP contribution in [0.2, 0.25) is 0 Å². The Kier molecular flexibility index (Phi) is 8.20. The van der Waals surface area contributed by atoms with Gasteiger partial charge in [-0.1, -0.05) is 208 Å². The molecular formula is C57H40N2. The van der Waals surface area contributed by atoms with Gasteiger partial charge in [0.15, 0.2) is 5.82 Å². The Morgan fingerprint density at radius 2 is 0.847 bits per heavy atom. The maximum absolute atomic E-state index is 5.36. The average Bonchev–Trinajstić information content (AvgIpc) is 3.54. The summed E-state index contributed by atoms with van der Waals surface area (Å²) in [6.45, 7) is 4.72. The fraction of sp³-hybridized carbons (Fsp3) is 0.0526. The first-order chi connectivity index (χ1) is 29.0. The molecule has 0 N–H and O–H groups in total. The average molecular weight is 753 g/mol. The van der Waals surface area contributed by atoms with E-state index in [9.17, 15) is 0 Å². The van der Waals surface area contributed by atoms with Crippen molar-refractivity contribution in [1.82, 2.24) is 9.97 Å². The lowest BCUT2D eigenvalue weighted by atomic mass is 9.81. The number of rotatable bonds is 6. The lowest BCUT2D eigenvalue weighted by Gasteiger charge is -2.22. The van der Waals surface area contributed by atoms with Crippen molar-refractivity contribution in [3.63, 3.8) is 0 Å². The van der Waals surface area contributed by atoms with Crippen LogP contribution in [-0.2, 0) is 5.41 Å². The van der Waals surface area contributed by atoms with E-state index in [0.29, 0.717) is 5.82 Å². The van der Waals surface area contributed by atoms with Crippen molar-refractivity contribution in [3.05, 3.63) is 217 Å². The predicted molar refractivity (Wildman–Crippen MR) is 247 cm³/mol. The summed E-state index contributed by atoms with van der Waals surface area (Å²) in [6.07, 6.45) is 0. The van der Waals surface area contributed by atoms with E-state index in [1.807, 2.05) is 0 Å². The lowest BCUT2D eigenvalue weighted by Crippen LogP contribution is -2.14. The number of aromatic nitrogens is 2. The summed E-state index contributed by atoms with van der Waals surface area (Å²) in [7, 11) is 0. The fourth-order valence-corrected chi connectivity index (χ4v) is 9.34. The monoisotopic (exact) mass is 752 g/mol. The maximum Gasteiger partial charge on any atom is 0.160 e. The number of hydrogen-bond donors (Lipinski definition) is 0. The normalized spacial score (nSPS) is 12.7. The van der Waals surface area contributed by atoms with Crippen LogP contribution >= 0.6 is 0 Å². The van der Waals surface area contributed by atoms with Gasteiger partial charge in [0.2, 0.25) is 0 Å². The molecule has 0 aliphatic heterocycles. The molecule has 1 aromatic heterocycles. The Morgan fingerprint density at radius 3 is 1.59 bits per heavy atom. The second-order valence-corrected chi connectivity index (χ2v) is 16.1. The zero-order chi connectivity index (χ0) is 39.5. The molecule has 1 aliphatic carbocycles. The third kappa shape index (κ3) is 5.87. The van der Waals surface area contributed by atoms with E-state index < -0.39 is 0 Å². The van der Waals surface area contributed by atoms with Gasteiger partial charge in [0, 0.05) is 22.1 Å². The molecule has 2 nitrogen and oxygen atoms in total. The van der Waals surface area contributed by atoms with Gasteiger partial charge < -0.3 is 0 Å². The summed E-state index contributed by atoms with van der Waals surface area (Å²) in [4.78, 5) is 10.7. The summed E-state index contributed by atoms with van der Waals surface area (Å²) >= 11 is 0. The molecule has 0 saturated heterocycles. The maximum atomic E-state index is 5.36. The van der Waals surface area contributed by atoms with E-state index in [2.05, 4.69) is 220 Å². The third-order valence-electron chi connectivity index (χ3n) is 12.3. The van der Waals surface area contributed by atoms with Crippen LogP contribution < -0.4 is 0 Å². The van der Waals surface area contributed by atoms with Gasteiger partial charge >= 0.3 is 0 Å². The van der Waals surface area contributed by atoms with E-state index in [-0.39, 0.29) is 5.41 Å². The van der Waals surface area contributed by atoms with Crippen LogP contribution in [0.15, 0.2) is 206 Å². The second-order valence-electron chi connectivity index (χ2n) is 16.1. The van der Waals surface area contributed by atoms with Crippen LogP contribution in [-0.4, -0.2) is 9.97 Å². The molecule has 0 fully saturated rings. The summed E-state index contributed by atoms with van der Waals surface area (Å²) in [5, 5.41) is 4.94. The molecule has 11 rings (SSSR count). The van der Waals surface area contributed by atoms with Gasteiger partial charge in [0.05, 0.1) is 11.4 Å². The molecule has 0 amide bonds. The van der Waals surface area contributed by atoms with Crippen molar-refractivity contribution in [2.45, 2.75) is 19.3 Å². The third-order valence-corrected chi connectivity index (χ3v) is 12.3. The molecule has 0 atom stereocenters. The number of fused-ring (bicyclic) bond motifs is 6. The van der Waals surface area contributed by atoms with Gasteiger partial charge in [-0.3, -0.25) is 0 Å². The molecule has 10 aromatic rings. The van der Waals surface area contributed by atoms with E-state index >= 15 is 0 Å². The summed E-state index contributed by atoms with van der Waals surface area (Å²) < 4.78 is 0. The van der Waals surface area contributed by atoms with E-state index in [0.717, 1.165) is 50.2 Å². The van der Waals surface area contributed by atoms with Crippen LogP contribution in [0.25, 0.3) is 100.0 Å². The first-order valence-electron chi connectivity index (χ1n) is 20.4.